The predicted molar refractivity (Wildman–Crippen MR) is 60.8 cm³/mol. The zero-order valence-electron chi connectivity index (χ0n) is 9.77. The first kappa shape index (κ1) is 10.6. The monoisotopic (exact) mass is 223 g/mol. The second-order valence-corrected chi connectivity index (χ2v) is 5.65. The van der Waals surface area contributed by atoms with E-state index < -0.39 is 0 Å². The molecule has 0 spiro atoms. The van der Waals surface area contributed by atoms with Crippen LogP contribution in [0.2, 0.25) is 0 Å². The van der Waals surface area contributed by atoms with Gasteiger partial charge in [0.2, 0.25) is 5.91 Å². The van der Waals surface area contributed by atoms with E-state index in [0.29, 0.717) is 23.7 Å². The number of amides is 1. The van der Waals surface area contributed by atoms with Gasteiger partial charge in [-0.15, -0.1) is 0 Å². The predicted octanol–water partition coefficient (Wildman–Crippen LogP) is 1.41. The number of nitrogens with zero attached hydrogens (tertiary/aromatic N) is 1. The van der Waals surface area contributed by atoms with E-state index in [2.05, 4.69) is 0 Å². The lowest BCUT2D eigenvalue weighted by Crippen LogP contribution is -2.46. The molecule has 2 aliphatic carbocycles. The Hall–Kier alpha value is -0.570. The van der Waals surface area contributed by atoms with E-state index in [0.717, 1.165) is 25.8 Å². The van der Waals surface area contributed by atoms with Gasteiger partial charge in [-0.1, -0.05) is 6.42 Å². The number of carbonyl (C=O) groups excluding carboxylic acids is 1. The van der Waals surface area contributed by atoms with Gasteiger partial charge in [-0.25, -0.2) is 0 Å². The van der Waals surface area contributed by atoms with Gasteiger partial charge in [-0.2, -0.15) is 0 Å². The van der Waals surface area contributed by atoms with Crippen LogP contribution in [0.1, 0.15) is 38.5 Å². The average Bonchev–Trinajstić information content (AvgIpc) is 2.81. The molecule has 3 heteroatoms. The normalized spacial score (nSPS) is 41.9. The lowest BCUT2D eigenvalue weighted by molar-refractivity contribution is -0.138. The van der Waals surface area contributed by atoms with Crippen molar-refractivity contribution in [2.24, 2.45) is 17.8 Å². The quantitative estimate of drug-likeness (QED) is 0.769. The molecule has 0 aromatic rings. The summed E-state index contributed by atoms with van der Waals surface area (Å²) in [6.07, 6.45) is 7.11. The Morgan fingerprint density at radius 2 is 1.88 bits per heavy atom. The molecule has 1 saturated heterocycles. The van der Waals surface area contributed by atoms with Gasteiger partial charge < -0.3 is 10.0 Å². The molecule has 16 heavy (non-hydrogen) atoms. The fourth-order valence-corrected chi connectivity index (χ4v) is 3.86. The van der Waals surface area contributed by atoms with Crippen molar-refractivity contribution in [2.75, 3.05) is 13.2 Å². The van der Waals surface area contributed by atoms with Gasteiger partial charge in [-0.05, 0) is 43.9 Å². The molecule has 1 heterocycles. The molecular formula is C13H21NO2. The Balaban J connectivity index is 1.65. The van der Waals surface area contributed by atoms with Gasteiger partial charge in [0.05, 0.1) is 12.6 Å². The van der Waals surface area contributed by atoms with Crippen molar-refractivity contribution < 1.29 is 9.90 Å². The van der Waals surface area contributed by atoms with Crippen molar-refractivity contribution in [1.82, 2.24) is 4.90 Å². The molecule has 3 atom stereocenters. The average molecular weight is 223 g/mol. The number of likely N-dealkylation sites (tertiary alicyclic amines) is 1. The van der Waals surface area contributed by atoms with E-state index in [4.69, 9.17) is 0 Å². The zero-order valence-corrected chi connectivity index (χ0v) is 9.77. The number of hydrogen-bond acceptors (Lipinski definition) is 2. The van der Waals surface area contributed by atoms with Gasteiger partial charge >= 0.3 is 0 Å². The van der Waals surface area contributed by atoms with Crippen LogP contribution in [0, 0.1) is 17.8 Å². The summed E-state index contributed by atoms with van der Waals surface area (Å²) in [5, 5.41) is 9.32. The van der Waals surface area contributed by atoms with Gasteiger partial charge in [0.25, 0.3) is 0 Å². The molecule has 3 rings (SSSR count). The maximum absolute atomic E-state index is 12.4. The van der Waals surface area contributed by atoms with Crippen molar-refractivity contribution >= 4 is 5.91 Å². The lowest BCUT2D eigenvalue weighted by atomic mass is 10.0. The molecule has 3 unspecified atom stereocenters. The van der Waals surface area contributed by atoms with Gasteiger partial charge in [-0.3, -0.25) is 4.79 Å². The van der Waals surface area contributed by atoms with Crippen molar-refractivity contribution in [2.45, 2.75) is 44.6 Å². The summed E-state index contributed by atoms with van der Waals surface area (Å²) in [5.74, 6) is 2.09. The van der Waals surface area contributed by atoms with Crippen molar-refractivity contribution in [3.05, 3.63) is 0 Å². The van der Waals surface area contributed by atoms with Crippen LogP contribution in [-0.2, 0) is 4.79 Å². The van der Waals surface area contributed by atoms with Gasteiger partial charge in [0.1, 0.15) is 0 Å². The van der Waals surface area contributed by atoms with Crippen LogP contribution in [-0.4, -0.2) is 35.1 Å². The Morgan fingerprint density at radius 3 is 2.56 bits per heavy atom. The molecule has 0 aromatic carbocycles. The van der Waals surface area contributed by atoms with Crippen LogP contribution in [0.15, 0.2) is 0 Å². The fourth-order valence-electron chi connectivity index (χ4n) is 3.86. The lowest BCUT2D eigenvalue weighted by Gasteiger charge is -2.35. The molecule has 0 bridgehead atoms. The number of hydrogen-bond donors (Lipinski definition) is 1. The van der Waals surface area contributed by atoms with Gasteiger partial charge in [0, 0.05) is 12.5 Å². The van der Waals surface area contributed by atoms with E-state index in [-0.39, 0.29) is 12.6 Å². The molecule has 0 aromatic heterocycles. The summed E-state index contributed by atoms with van der Waals surface area (Å²) in [6, 6.07) is 0.113. The fraction of sp³-hybridized carbons (Fsp3) is 0.923. The highest BCUT2D eigenvalue weighted by molar-refractivity contribution is 5.83. The highest BCUT2D eigenvalue weighted by Crippen LogP contribution is 2.58. The third kappa shape index (κ3) is 1.56. The number of rotatable bonds is 2. The number of carbonyl (C=O) groups is 1. The second-order valence-electron chi connectivity index (χ2n) is 5.65. The first-order valence-corrected chi connectivity index (χ1v) is 6.74. The number of piperidine rings is 1. The van der Waals surface area contributed by atoms with E-state index in [9.17, 15) is 9.90 Å². The third-order valence-corrected chi connectivity index (χ3v) is 4.81. The summed E-state index contributed by atoms with van der Waals surface area (Å²) in [5.41, 5.74) is 0. The molecule has 1 aliphatic heterocycles. The van der Waals surface area contributed by atoms with Crippen LogP contribution in [0.25, 0.3) is 0 Å². The highest BCUT2D eigenvalue weighted by atomic mass is 16.3. The van der Waals surface area contributed by atoms with Crippen LogP contribution in [0.4, 0.5) is 0 Å². The molecule has 3 aliphatic rings. The van der Waals surface area contributed by atoms with Crippen LogP contribution < -0.4 is 0 Å². The molecular weight excluding hydrogens is 202 g/mol. The summed E-state index contributed by atoms with van der Waals surface area (Å²) in [6.45, 7) is 1.02. The maximum Gasteiger partial charge on any atom is 0.226 e. The molecule has 3 fully saturated rings. The molecule has 0 radical (unpaired) electrons. The van der Waals surface area contributed by atoms with E-state index in [1.54, 1.807) is 0 Å². The van der Waals surface area contributed by atoms with Crippen molar-refractivity contribution in [3.8, 4) is 0 Å². The minimum absolute atomic E-state index is 0.113. The number of aliphatic hydroxyl groups excluding tert-OH is 1. The van der Waals surface area contributed by atoms with Crippen LogP contribution in [0.5, 0.6) is 0 Å². The second kappa shape index (κ2) is 4.02. The summed E-state index contributed by atoms with van der Waals surface area (Å²) >= 11 is 0. The molecule has 90 valence electrons. The van der Waals surface area contributed by atoms with Crippen LogP contribution >= 0.6 is 0 Å². The van der Waals surface area contributed by atoms with E-state index in [1.165, 1.54) is 19.3 Å². The number of aliphatic hydroxyl groups is 1. The molecule has 1 N–H and O–H groups in total. The SMILES string of the molecule is O=C(C1C2CCCC21)N1CCCCC1CO. The largest absolute Gasteiger partial charge is 0.394 e. The summed E-state index contributed by atoms with van der Waals surface area (Å²) < 4.78 is 0. The summed E-state index contributed by atoms with van der Waals surface area (Å²) in [4.78, 5) is 14.3. The minimum atomic E-state index is 0.113. The van der Waals surface area contributed by atoms with E-state index in [1.807, 2.05) is 4.90 Å². The molecule has 1 amide bonds. The molecule has 2 saturated carbocycles. The standard InChI is InChI=1S/C13H21NO2/c15-8-9-4-1-2-7-14(9)13(16)12-10-5-3-6-11(10)12/h9-12,15H,1-8H2. The van der Waals surface area contributed by atoms with Crippen molar-refractivity contribution in [1.29, 1.82) is 0 Å². The minimum Gasteiger partial charge on any atom is -0.394 e. The van der Waals surface area contributed by atoms with Crippen LogP contribution in [0.3, 0.4) is 0 Å². The van der Waals surface area contributed by atoms with E-state index >= 15 is 0 Å². The Morgan fingerprint density at radius 1 is 1.12 bits per heavy atom. The van der Waals surface area contributed by atoms with Crippen molar-refractivity contribution in [3.63, 3.8) is 0 Å². The number of fused-ring (bicyclic) bond motifs is 1. The third-order valence-electron chi connectivity index (χ3n) is 4.81. The Bertz CT molecular complexity index is 282. The summed E-state index contributed by atoms with van der Waals surface area (Å²) in [7, 11) is 0. The first-order chi connectivity index (χ1) is 7.83. The Labute approximate surface area is 96.8 Å². The zero-order chi connectivity index (χ0) is 11.1. The smallest absolute Gasteiger partial charge is 0.226 e. The highest BCUT2D eigenvalue weighted by Gasteiger charge is 2.57. The molecule has 3 nitrogen and oxygen atoms in total. The Kier molecular flexibility index (Phi) is 2.66. The maximum atomic E-state index is 12.4. The first-order valence-electron chi connectivity index (χ1n) is 6.74. The topological polar surface area (TPSA) is 40.5 Å². The van der Waals surface area contributed by atoms with Gasteiger partial charge in [0.15, 0.2) is 0 Å².